The molecule has 5 nitrogen and oxygen atoms in total. The third kappa shape index (κ3) is 3.40. The third-order valence-electron chi connectivity index (χ3n) is 1.50. The summed E-state index contributed by atoms with van der Waals surface area (Å²) in [5.41, 5.74) is 0.638. The summed E-state index contributed by atoms with van der Waals surface area (Å²) in [6.45, 7) is 0.986. The first kappa shape index (κ1) is 10.5. The second kappa shape index (κ2) is 5.93. The fourth-order valence-corrected chi connectivity index (χ4v) is 0.849. The molecule has 0 spiro atoms. The molecule has 0 saturated carbocycles. The molecule has 0 aromatic carbocycles. The Kier molecular flexibility index (Phi) is 4.43. The number of nitrogens with zero attached hydrogens (tertiary/aromatic N) is 1. The minimum atomic E-state index is 0.462. The van der Waals surface area contributed by atoms with Gasteiger partial charge in [-0.1, -0.05) is 0 Å². The highest BCUT2D eigenvalue weighted by Crippen LogP contribution is 2.10. The summed E-state index contributed by atoms with van der Waals surface area (Å²) in [4.78, 5) is 14.1. The van der Waals surface area contributed by atoms with E-state index in [-0.39, 0.29) is 0 Å². The molecule has 1 aromatic rings. The molecule has 0 unspecified atom stereocenters. The predicted octanol–water partition coefficient (Wildman–Crippen LogP) is 0.675. The Labute approximate surface area is 82.0 Å². The van der Waals surface area contributed by atoms with E-state index in [9.17, 15) is 4.79 Å². The molecule has 0 fully saturated rings. The number of anilines is 1. The van der Waals surface area contributed by atoms with Gasteiger partial charge in [-0.2, -0.15) is 0 Å². The van der Waals surface area contributed by atoms with Crippen molar-refractivity contribution in [3.8, 4) is 5.88 Å². The molecule has 0 saturated heterocycles. The van der Waals surface area contributed by atoms with Gasteiger partial charge in [0.2, 0.25) is 12.3 Å². The first-order chi connectivity index (χ1) is 6.86. The van der Waals surface area contributed by atoms with Crippen molar-refractivity contribution in [1.29, 1.82) is 0 Å². The van der Waals surface area contributed by atoms with Crippen LogP contribution in [0.5, 0.6) is 5.88 Å². The van der Waals surface area contributed by atoms with Crippen LogP contribution in [0, 0.1) is 0 Å². The van der Waals surface area contributed by atoms with E-state index in [1.54, 1.807) is 19.2 Å². The zero-order valence-electron chi connectivity index (χ0n) is 7.90. The van der Waals surface area contributed by atoms with Crippen molar-refractivity contribution in [3.63, 3.8) is 0 Å². The van der Waals surface area contributed by atoms with Crippen LogP contribution in [0.3, 0.4) is 0 Å². The van der Waals surface area contributed by atoms with E-state index in [1.807, 2.05) is 0 Å². The third-order valence-corrected chi connectivity index (χ3v) is 1.50. The van der Waals surface area contributed by atoms with Crippen molar-refractivity contribution in [2.45, 2.75) is 0 Å². The molecule has 1 heterocycles. The van der Waals surface area contributed by atoms with Gasteiger partial charge in [-0.15, -0.1) is 0 Å². The summed E-state index contributed by atoms with van der Waals surface area (Å²) < 4.78 is 10.0. The lowest BCUT2D eigenvalue weighted by Gasteiger charge is -2.04. The van der Waals surface area contributed by atoms with Crippen LogP contribution < -0.4 is 10.1 Å². The van der Waals surface area contributed by atoms with E-state index in [4.69, 9.17) is 9.47 Å². The van der Waals surface area contributed by atoms with Gasteiger partial charge in [-0.3, -0.25) is 4.79 Å². The molecule has 0 aliphatic heterocycles. The topological polar surface area (TPSA) is 60.5 Å². The molecule has 1 aromatic heterocycles. The fraction of sp³-hybridized carbons (Fsp3) is 0.333. The SMILES string of the molecule is COCCOc1ccc(NC=O)cn1. The molecule has 14 heavy (non-hydrogen) atoms. The minimum Gasteiger partial charge on any atom is -0.475 e. The number of methoxy groups -OCH3 is 1. The summed E-state index contributed by atoms with van der Waals surface area (Å²) in [6.07, 6.45) is 2.12. The average Bonchev–Trinajstić information content (AvgIpc) is 2.21. The molecule has 0 radical (unpaired) electrons. The van der Waals surface area contributed by atoms with Gasteiger partial charge in [0, 0.05) is 13.2 Å². The van der Waals surface area contributed by atoms with Crippen LogP contribution >= 0.6 is 0 Å². The number of nitrogens with one attached hydrogen (secondary N) is 1. The van der Waals surface area contributed by atoms with Gasteiger partial charge >= 0.3 is 0 Å². The zero-order valence-corrected chi connectivity index (χ0v) is 7.90. The number of ether oxygens (including phenoxy) is 2. The number of carbonyl (C=O) groups is 1. The number of amides is 1. The molecule has 1 amide bonds. The van der Waals surface area contributed by atoms with Crippen LogP contribution in [0.25, 0.3) is 0 Å². The molecular weight excluding hydrogens is 184 g/mol. The lowest BCUT2D eigenvalue weighted by molar-refractivity contribution is -0.105. The van der Waals surface area contributed by atoms with Crippen molar-refractivity contribution < 1.29 is 14.3 Å². The minimum absolute atomic E-state index is 0.462. The fourth-order valence-electron chi connectivity index (χ4n) is 0.849. The molecule has 0 aliphatic carbocycles. The van der Waals surface area contributed by atoms with Crippen LogP contribution in [0.4, 0.5) is 5.69 Å². The lowest BCUT2D eigenvalue weighted by Crippen LogP contribution is -2.05. The summed E-state index contributed by atoms with van der Waals surface area (Å²) in [6, 6.07) is 3.39. The number of hydrogen-bond donors (Lipinski definition) is 1. The highest BCUT2D eigenvalue weighted by Gasteiger charge is 1.95. The van der Waals surface area contributed by atoms with Crippen molar-refractivity contribution in [2.24, 2.45) is 0 Å². The number of carbonyl (C=O) groups excluding carboxylic acids is 1. The molecule has 0 aliphatic rings. The second-order valence-corrected chi connectivity index (χ2v) is 2.49. The van der Waals surface area contributed by atoms with E-state index in [1.165, 1.54) is 6.20 Å². The largest absolute Gasteiger partial charge is 0.475 e. The Morgan fingerprint density at radius 3 is 2.93 bits per heavy atom. The Bertz CT molecular complexity index is 274. The van der Waals surface area contributed by atoms with E-state index in [0.717, 1.165) is 0 Å². The van der Waals surface area contributed by atoms with E-state index in [0.29, 0.717) is 31.2 Å². The van der Waals surface area contributed by atoms with Crippen LogP contribution in [0.1, 0.15) is 0 Å². The van der Waals surface area contributed by atoms with Crippen LogP contribution in [-0.4, -0.2) is 31.7 Å². The lowest BCUT2D eigenvalue weighted by atomic mass is 10.4. The van der Waals surface area contributed by atoms with Gasteiger partial charge in [-0.05, 0) is 6.07 Å². The van der Waals surface area contributed by atoms with Gasteiger partial charge < -0.3 is 14.8 Å². The number of rotatable bonds is 6. The molecule has 1 N–H and O–H groups in total. The standard InChI is InChI=1S/C9H12N2O3/c1-13-4-5-14-9-3-2-8(6-10-9)11-7-12/h2-3,6-7H,4-5H2,1H3,(H,11,12). The molecule has 0 atom stereocenters. The number of aromatic nitrogens is 1. The normalized spacial score (nSPS) is 9.50. The maximum Gasteiger partial charge on any atom is 0.213 e. The highest BCUT2D eigenvalue weighted by atomic mass is 16.5. The second-order valence-electron chi connectivity index (χ2n) is 2.49. The van der Waals surface area contributed by atoms with Gasteiger partial charge in [0.15, 0.2) is 0 Å². The summed E-state index contributed by atoms with van der Waals surface area (Å²) in [7, 11) is 1.61. The van der Waals surface area contributed by atoms with Crippen LogP contribution in [-0.2, 0) is 9.53 Å². The quantitative estimate of drug-likeness (QED) is 0.536. The molecule has 76 valence electrons. The summed E-state index contributed by atoms with van der Waals surface area (Å²) in [5, 5.41) is 2.48. The monoisotopic (exact) mass is 196 g/mol. The first-order valence-electron chi connectivity index (χ1n) is 4.15. The van der Waals surface area contributed by atoms with Gasteiger partial charge in [0.05, 0.1) is 18.5 Å². The molecule has 0 bridgehead atoms. The maximum atomic E-state index is 10.1. The van der Waals surface area contributed by atoms with E-state index < -0.39 is 0 Å². The summed E-state index contributed by atoms with van der Waals surface area (Å²) >= 11 is 0. The number of hydrogen-bond acceptors (Lipinski definition) is 4. The molecule has 5 heteroatoms. The molecular formula is C9H12N2O3. The van der Waals surface area contributed by atoms with Crippen LogP contribution in [0.15, 0.2) is 18.3 Å². The maximum absolute atomic E-state index is 10.1. The van der Waals surface area contributed by atoms with Crippen LogP contribution in [0.2, 0.25) is 0 Å². The Balaban J connectivity index is 2.42. The zero-order chi connectivity index (χ0) is 10.2. The predicted molar refractivity (Wildman–Crippen MR) is 51.3 cm³/mol. The van der Waals surface area contributed by atoms with Gasteiger partial charge in [-0.25, -0.2) is 4.98 Å². The Morgan fingerprint density at radius 2 is 2.36 bits per heavy atom. The summed E-state index contributed by atoms with van der Waals surface area (Å²) in [5.74, 6) is 0.512. The Hall–Kier alpha value is -1.62. The van der Waals surface area contributed by atoms with Crippen molar-refractivity contribution >= 4 is 12.1 Å². The number of pyridine rings is 1. The van der Waals surface area contributed by atoms with Crippen molar-refractivity contribution in [2.75, 3.05) is 25.6 Å². The van der Waals surface area contributed by atoms with Gasteiger partial charge in [0.1, 0.15) is 6.61 Å². The van der Waals surface area contributed by atoms with E-state index >= 15 is 0 Å². The van der Waals surface area contributed by atoms with Gasteiger partial charge in [0.25, 0.3) is 0 Å². The van der Waals surface area contributed by atoms with E-state index in [2.05, 4.69) is 10.3 Å². The highest BCUT2D eigenvalue weighted by molar-refractivity contribution is 5.70. The molecule has 1 rings (SSSR count). The Morgan fingerprint density at radius 1 is 1.50 bits per heavy atom. The average molecular weight is 196 g/mol. The first-order valence-corrected chi connectivity index (χ1v) is 4.15. The smallest absolute Gasteiger partial charge is 0.213 e. The van der Waals surface area contributed by atoms with Crippen molar-refractivity contribution in [3.05, 3.63) is 18.3 Å². The van der Waals surface area contributed by atoms with Crippen molar-refractivity contribution in [1.82, 2.24) is 4.98 Å².